The zero-order valence-electron chi connectivity index (χ0n) is 15.5. The number of unbranched alkanes of at least 4 members (excludes halogenated alkanes) is 5. The first-order valence-electron chi connectivity index (χ1n) is 8.97. The summed E-state index contributed by atoms with van der Waals surface area (Å²) in [4.78, 5) is 10.4. The van der Waals surface area contributed by atoms with Crippen LogP contribution in [0.4, 0.5) is 0 Å². The maximum Gasteiger partial charge on any atom is 0.150 e. The summed E-state index contributed by atoms with van der Waals surface area (Å²) in [5.74, 6) is 0. The molecule has 0 aliphatic heterocycles. The third-order valence-corrected chi connectivity index (χ3v) is 3.74. The highest BCUT2D eigenvalue weighted by atomic mass is 16.1. The van der Waals surface area contributed by atoms with Gasteiger partial charge in [0.25, 0.3) is 0 Å². The largest absolute Gasteiger partial charge is 0.298 e. The van der Waals surface area contributed by atoms with E-state index in [0.29, 0.717) is 5.41 Å². The van der Waals surface area contributed by atoms with Crippen LogP contribution in [-0.4, -0.2) is 6.29 Å². The Morgan fingerprint density at radius 2 is 1.36 bits per heavy atom. The second-order valence-electron chi connectivity index (χ2n) is 7.33. The highest BCUT2D eigenvalue weighted by Crippen LogP contribution is 2.21. The van der Waals surface area contributed by atoms with Crippen LogP contribution in [0.5, 0.6) is 0 Å². The minimum Gasteiger partial charge on any atom is -0.298 e. The third-order valence-electron chi connectivity index (χ3n) is 3.74. The lowest BCUT2D eigenvalue weighted by molar-refractivity contribution is 0.112. The zero-order chi connectivity index (χ0) is 16.8. The molecule has 126 valence electrons. The highest BCUT2D eigenvalue weighted by molar-refractivity contribution is 5.74. The minimum absolute atomic E-state index is 0.378. The Kier molecular flexibility index (Phi) is 11.8. The van der Waals surface area contributed by atoms with E-state index in [1.807, 2.05) is 24.3 Å². The van der Waals surface area contributed by atoms with Crippen LogP contribution in [0.1, 0.15) is 95.5 Å². The van der Waals surface area contributed by atoms with E-state index < -0.39 is 0 Å². The molecule has 1 rings (SSSR count). The Labute approximate surface area is 138 Å². The van der Waals surface area contributed by atoms with Gasteiger partial charge in [-0.05, 0) is 23.8 Å². The second kappa shape index (κ2) is 12.4. The quantitative estimate of drug-likeness (QED) is 0.379. The standard InChI is InChI=1S/C13H18O.C8H18/c1-13(2,3)9-8-11-4-6-12(10-14)7-5-11;1-3-5-7-8-6-4-2/h4-7,10H,8-9H2,1-3H3;3-8H2,1-2H3. The summed E-state index contributed by atoms with van der Waals surface area (Å²) < 4.78 is 0. The smallest absolute Gasteiger partial charge is 0.150 e. The van der Waals surface area contributed by atoms with Crippen molar-refractivity contribution in [1.82, 2.24) is 0 Å². The molecule has 1 aromatic rings. The third kappa shape index (κ3) is 12.6. The average molecular weight is 305 g/mol. The summed E-state index contributed by atoms with van der Waals surface area (Å²) in [7, 11) is 0. The Hall–Kier alpha value is -1.11. The van der Waals surface area contributed by atoms with E-state index in [4.69, 9.17) is 0 Å². The second-order valence-corrected chi connectivity index (χ2v) is 7.33. The van der Waals surface area contributed by atoms with Gasteiger partial charge in [0.15, 0.2) is 0 Å². The molecule has 0 amide bonds. The summed E-state index contributed by atoms with van der Waals surface area (Å²) in [5.41, 5.74) is 2.44. The number of carbonyl (C=O) groups excluding carboxylic acids is 1. The molecule has 0 aliphatic carbocycles. The molecular weight excluding hydrogens is 268 g/mol. The molecule has 0 radical (unpaired) electrons. The molecule has 0 spiro atoms. The predicted octanol–water partition coefficient (Wildman–Crippen LogP) is 6.84. The molecule has 1 nitrogen and oxygen atoms in total. The Balaban J connectivity index is 0.000000472. The lowest BCUT2D eigenvalue weighted by Gasteiger charge is -2.17. The number of rotatable bonds is 8. The first-order valence-corrected chi connectivity index (χ1v) is 8.97. The van der Waals surface area contributed by atoms with Crippen LogP contribution < -0.4 is 0 Å². The fraction of sp³-hybridized carbons (Fsp3) is 0.667. The number of benzene rings is 1. The van der Waals surface area contributed by atoms with Gasteiger partial charge in [-0.15, -0.1) is 0 Å². The van der Waals surface area contributed by atoms with Crippen molar-refractivity contribution in [1.29, 1.82) is 0 Å². The lowest BCUT2D eigenvalue weighted by atomic mass is 9.88. The molecular formula is C21H36O. The number of aldehydes is 1. The van der Waals surface area contributed by atoms with Crippen molar-refractivity contribution in [2.24, 2.45) is 5.41 Å². The fourth-order valence-corrected chi connectivity index (χ4v) is 2.14. The van der Waals surface area contributed by atoms with E-state index in [-0.39, 0.29) is 0 Å². The van der Waals surface area contributed by atoms with Crippen molar-refractivity contribution < 1.29 is 4.79 Å². The molecule has 0 aliphatic rings. The summed E-state index contributed by atoms with van der Waals surface area (Å²) in [6.07, 6.45) is 11.6. The van der Waals surface area contributed by atoms with E-state index in [2.05, 4.69) is 34.6 Å². The minimum atomic E-state index is 0.378. The van der Waals surface area contributed by atoms with Crippen LogP contribution in [0.2, 0.25) is 0 Å². The highest BCUT2D eigenvalue weighted by Gasteiger charge is 2.09. The monoisotopic (exact) mass is 304 g/mol. The maximum absolute atomic E-state index is 10.4. The van der Waals surface area contributed by atoms with Crippen LogP contribution in [0, 0.1) is 5.41 Å². The zero-order valence-corrected chi connectivity index (χ0v) is 15.5. The topological polar surface area (TPSA) is 17.1 Å². The number of aryl methyl sites for hydroxylation is 1. The number of hydrogen-bond acceptors (Lipinski definition) is 1. The summed E-state index contributed by atoms with van der Waals surface area (Å²) in [5, 5.41) is 0. The van der Waals surface area contributed by atoms with E-state index in [9.17, 15) is 4.79 Å². The van der Waals surface area contributed by atoms with Crippen molar-refractivity contribution >= 4 is 6.29 Å². The van der Waals surface area contributed by atoms with Gasteiger partial charge in [0.1, 0.15) is 6.29 Å². The van der Waals surface area contributed by atoms with Gasteiger partial charge in [0.05, 0.1) is 0 Å². The van der Waals surface area contributed by atoms with Crippen molar-refractivity contribution in [3.8, 4) is 0 Å². The Bertz CT molecular complexity index is 364. The first-order chi connectivity index (χ1) is 10.4. The number of carbonyl (C=O) groups is 1. The van der Waals surface area contributed by atoms with Gasteiger partial charge in [-0.2, -0.15) is 0 Å². The summed E-state index contributed by atoms with van der Waals surface area (Å²) in [6.45, 7) is 11.2. The summed E-state index contributed by atoms with van der Waals surface area (Å²) in [6, 6.07) is 7.83. The molecule has 0 heterocycles. The van der Waals surface area contributed by atoms with Crippen LogP contribution in [0.3, 0.4) is 0 Å². The molecule has 0 bridgehead atoms. The van der Waals surface area contributed by atoms with Gasteiger partial charge in [0, 0.05) is 5.56 Å². The van der Waals surface area contributed by atoms with Crippen molar-refractivity contribution in [2.75, 3.05) is 0 Å². The van der Waals surface area contributed by atoms with Crippen LogP contribution in [0.15, 0.2) is 24.3 Å². The first kappa shape index (κ1) is 20.9. The van der Waals surface area contributed by atoms with Gasteiger partial charge < -0.3 is 0 Å². The molecule has 0 aromatic heterocycles. The van der Waals surface area contributed by atoms with Crippen molar-refractivity contribution in [3.63, 3.8) is 0 Å². The molecule has 0 N–H and O–H groups in total. The van der Waals surface area contributed by atoms with E-state index in [0.717, 1.165) is 18.3 Å². The molecule has 22 heavy (non-hydrogen) atoms. The van der Waals surface area contributed by atoms with E-state index >= 15 is 0 Å². The molecule has 0 saturated heterocycles. The van der Waals surface area contributed by atoms with Crippen LogP contribution >= 0.6 is 0 Å². The number of hydrogen-bond donors (Lipinski definition) is 0. The maximum atomic E-state index is 10.4. The van der Waals surface area contributed by atoms with Gasteiger partial charge in [-0.3, -0.25) is 4.79 Å². The average Bonchev–Trinajstić information content (AvgIpc) is 2.50. The van der Waals surface area contributed by atoms with Gasteiger partial charge in [-0.25, -0.2) is 0 Å². The molecule has 0 fully saturated rings. The van der Waals surface area contributed by atoms with Gasteiger partial charge in [0.2, 0.25) is 0 Å². The Morgan fingerprint density at radius 1 is 0.864 bits per heavy atom. The fourth-order valence-electron chi connectivity index (χ4n) is 2.14. The van der Waals surface area contributed by atoms with Crippen molar-refractivity contribution in [2.45, 2.75) is 86.0 Å². The van der Waals surface area contributed by atoms with Crippen LogP contribution in [0.25, 0.3) is 0 Å². The summed E-state index contributed by atoms with van der Waals surface area (Å²) >= 11 is 0. The molecule has 1 aromatic carbocycles. The van der Waals surface area contributed by atoms with E-state index in [1.54, 1.807) is 0 Å². The van der Waals surface area contributed by atoms with Crippen LogP contribution in [-0.2, 0) is 6.42 Å². The SMILES string of the molecule is CC(C)(C)CCc1ccc(C=O)cc1.CCCCCCCC. The molecule has 0 saturated carbocycles. The normalized spacial score (nSPS) is 10.8. The van der Waals surface area contributed by atoms with Crippen molar-refractivity contribution in [3.05, 3.63) is 35.4 Å². The van der Waals surface area contributed by atoms with Gasteiger partial charge >= 0.3 is 0 Å². The predicted molar refractivity (Wildman–Crippen MR) is 98.7 cm³/mol. The molecule has 1 heteroatoms. The molecule has 0 atom stereocenters. The Morgan fingerprint density at radius 3 is 1.73 bits per heavy atom. The van der Waals surface area contributed by atoms with E-state index in [1.165, 1.54) is 50.5 Å². The molecule has 0 unspecified atom stereocenters. The lowest BCUT2D eigenvalue weighted by Crippen LogP contribution is -2.06. The van der Waals surface area contributed by atoms with Gasteiger partial charge in [-0.1, -0.05) is 97.4 Å².